The highest BCUT2D eigenvalue weighted by atomic mass is 35.5. The maximum absolute atomic E-state index is 13.8. The summed E-state index contributed by atoms with van der Waals surface area (Å²) in [4.78, 5) is 26.0. The van der Waals surface area contributed by atoms with Crippen molar-refractivity contribution in [2.24, 2.45) is 23.0 Å². The molecule has 0 heterocycles. The first kappa shape index (κ1) is 23.4. The summed E-state index contributed by atoms with van der Waals surface area (Å²) in [5, 5.41) is 3.27. The van der Waals surface area contributed by atoms with E-state index in [-0.39, 0.29) is 26.8 Å². The fourth-order valence-electron chi connectivity index (χ4n) is 7.46. The van der Waals surface area contributed by atoms with Gasteiger partial charge in [-0.1, -0.05) is 42.1 Å². The van der Waals surface area contributed by atoms with Gasteiger partial charge in [-0.3, -0.25) is 9.59 Å². The summed E-state index contributed by atoms with van der Waals surface area (Å²) in [5.41, 5.74) is 3.48. The van der Waals surface area contributed by atoms with Gasteiger partial charge in [-0.05, 0) is 75.3 Å². The molecule has 0 aromatic heterocycles. The van der Waals surface area contributed by atoms with E-state index in [2.05, 4.69) is 10.0 Å². The van der Waals surface area contributed by atoms with Gasteiger partial charge in [0.2, 0.25) is 21.8 Å². The van der Waals surface area contributed by atoms with Crippen LogP contribution in [-0.2, 0) is 19.6 Å². The molecule has 7 nitrogen and oxygen atoms in total. The Kier molecular flexibility index (Phi) is 5.55. The molecule has 4 bridgehead atoms. The molecule has 10 heteroatoms. The summed E-state index contributed by atoms with van der Waals surface area (Å²) >= 11 is 12.3. The van der Waals surface area contributed by atoms with Crippen LogP contribution in [0.2, 0.25) is 10.0 Å². The number of carbonyl (C=O) groups is 2. The van der Waals surface area contributed by atoms with E-state index < -0.39 is 26.5 Å². The lowest BCUT2D eigenvalue weighted by Gasteiger charge is -2.61. The number of rotatable bonds is 6. The normalized spacial score (nSPS) is 34.4. The van der Waals surface area contributed by atoms with Crippen molar-refractivity contribution >= 4 is 45.0 Å². The lowest BCUT2D eigenvalue weighted by Crippen LogP contribution is -2.69. The summed E-state index contributed by atoms with van der Waals surface area (Å²) < 4.78 is 29.3. The number of benzene rings is 1. The van der Waals surface area contributed by atoms with Crippen LogP contribution in [0.25, 0.3) is 0 Å². The van der Waals surface area contributed by atoms with Crippen LogP contribution in [-0.4, -0.2) is 31.3 Å². The second kappa shape index (κ2) is 7.83. The number of sulfonamides is 1. The van der Waals surface area contributed by atoms with Crippen LogP contribution in [0.1, 0.15) is 64.2 Å². The topological polar surface area (TPSA) is 118 Å². The number of carbonyl (C=O) groups excluding carboxylic acids is 2. The number of hydrogen-bond donors (Lipinski definition) is 3. The van der Waals surface area contributed by atoms with Crippen LogP contribution < -0.4 is 15.8 Å². The Morgan fingerprint density at radius 3 is 2.12 bits per heavy atom. The standard InChI is InChI=1S/C23H29Cl2N3O4S/c24-16-4-3-5-17(25)18(16)33(31,32)28-23(6-1-2-7-23)20(30)27-22-11-14-8-15(12-22)10-21(9-14,13-22)19(26)29/h3-5,14-15,28H,1-2,6-13H2,(H2,26,29)(H,27,30). The van der Waals surface area contributed by atoms with Gasteiger partial charge in [0.05, 0.1) is 15.5 Å². The van der Waals surface area contributed by atoms with E-state index in [1.54, 1.807) is 6.07 Å². The number of halogens is 2. The van der Waals surface area contributed by atoms with E-state index in [0.29, 0.717) is 31.1 Å². The van der Waals surface area contributed by atoms with Gasteiger partial charge in [0.15, 0.2) is 0 Å². The van der Waals surface area contributed by atoms with E-state index >= 15 is 0 Å². The summed E-state index contributed by atoms with van der Waals surface area (Å²) in [6.45, 7) is 0. The first-order valence-corrected chi connectivity index (χ1v) is 13.8. The smallest absolute Gasteiger partial charge is 0.244 e. The Hall–Kier alpha value is -1.35. The monoisotopic (exact) mass is 513 g/mol. The molecule has 2 unspecified atom stereocenters. The van der Waals surface area contributed by atoms with E-state index in [1.165, 1.54) is 12.1 Å². The third-order valence-electron chi connectivity index (χ3n) is 8.37. The zero-order valence-electron chi connectivity index (χ0n) is 18.3. The fraction of sp³-hybridized carbons (Fsp3) is 0.652. The maximum atomic E-state index is 13.8. The van der Waals surface area contributed by atoms with Gasteiger partial charge in [0.25, 0.3) is 0 Å². The van der Waals surface area contributed by atoms with Gasteiger partial charge in [-0.25, -0.2) is 8.42 Å². The SMILES string of the molecule is NC(=O)C12CC3CC(CC(NC(=O)C4(NS(=O)(=O)c5c(Cl)cccc5Cl)CCCC4)(C3)C1)C2. The Balaban J connectivity index is 1.44. The van der Waals surface area contributed by atoms with Crippen LogP contribution in [0.4, 0.5) is 0 Å². The van der Waals surface area contributed by atoms with Crippen molar-refractivity contribution in [2.75, 3.05) is 0 Å². The Bertz CT molecular complexity index is 1080. The molecule has 0 saturated heterocycles. The lowest BCUT2D eigenvalue weighted by molar-refractivity contribution is -0.151. The highest BCUT2D eigenvalue weighted by Gasteiger charge is 2.61. The molecule has 1 aromatic carbocycles. The van der Waals surface area contributed by atoms with Crippen LogP contribution in [0, 0.1) is 17.3 Å². The molecule has 180 valence electrons. The zero-order valence-corrected chi connectivity index (χ0v) is 20.7. The van der Waals surface area contributed by atoms with Gasteiger partial charge in [0.1, 0.15) is 10.4 Å². The average Bonchev–Trinajstić information content (AvgIpc) is 3.15. The Labute approximate surface area is 204 Å². The van der Waals surface area contributed by atoms with Gasteiger partial charge in [0, 0.05) is 5.54 Å². The van der Waals surface area contributed by atoms with Crippen molar-refractivity contribution in [3.05, 3.63) is 28.2 Å². The maximum Gasteiger partial charge on any atom is 0.244 e. The lowest BCUT2D eigenvalue weighted by atomic mass is 9.46. The highest BCUT2D eigenvalue weighted by molar-refractivity contribution is 7.89. The molecule has 1 aromatic rings. The molecular weight excluding hydrogens is 485 g/mol. The summed E-state index contributed by atoms with van der Waals surface area (Å²) in [6.07, 6.45) is 7.05. The van der Waals surface area contributed by atoms with Gasteiger partial charge in [-0.2, -0.15) is 4.72 Å². The third-order valence-corrected chi connectivity index (χ3v) is 10.9. The van der Waals surface area contributed by atoms with E-state index in [0.717, 1.165) is 44.9 Å². The van der Waals surface area contributed by atoms with Crippen LogP contribution >= 0.6 is 23.2 Å². The number of nitrogens with one attached hydrogen (secondary N) is 2. The molecule has 5 saturated carbocycles. The van der Waals surface area contributed by atoms with E-state index in [4.69, 9.17) is 28.9 Å². The van der Waals surface area contributed by atoms with Crippen molar-refractivity contribution in [1.82, 2.24) is 10.0 Å². The highest BCUT2D eigenvalue weighted by Crippen LogP contribution is 2.61. The van der Waals surface area contributed by atoms with E-state index in [9.17, 15) is 18.0 Å². The predicted molar refractivity (Wildman–Crippen MR) is 125 cm³/mol. The van der Waals surface area contributed by atoms with Gasteiger partial charge < -0.3 is 11.1 Å². The van der Waals surface area contributed by atoms with Crippen molar-refractivity contribution in [2.45, 2.75) is 80.2 Å². The third kappa shape index (κ3) is 3.87. The molecular formula is C23H29Cl2N3O4S. The minimum Gasteiger partial charge on any atom is -0.369 e. The van der Waals surface area contributed by atoms with Crippen molar-refractivity contribution in [3.63, 3.8) is 0 Å². The zero-order chi connectivity index (χ0) is 23.6. The van der Waals surface area contributed by atoms with Crippen LogP contribution in [0.15, 0.2) is 23.1 Å². The average molecular weight is 514 g/mol. The summed E-state index contributed by atoms with van der Waals surface area (Å²) in [7, 11) is -4.15. The molecule has 33 heavy (non-hydrogen) atoms. The second-order valence-corrected chi connectivity index (χ2v) is 13.2. The number of nitrogens with two attached hydrogens (primary N) is 1. The van der Waals surface area contributed by atoms with Crippen LogP contribution in [0.3, 0.4) is 0 Å². The van der Waals surface area contributed by atoms with E-state index in [1.807, 2.05) is 0 Å². The van der Waals surface area contributed by atoms with Crippen LogP contribution in [0.5, 0.6) is 0 Å². The van der Waals surface area contributed by atoms with Gasteiger partial charge in [-0.15, -0.1) is 0 Å². The van der Waals surface area contributed by atoms with Crippen molar-refractivity contribution in [1.29, 1.82) is 0 Å². The molecule has 0 aliphatic heterocycles. The molecule has 2 amide bonds. The van der Waals surface area contributed by atoms with Gasteiger partial charge >= 0.3 is 0 Å². The second-order valence-electron chi connectivity index (χ2n) is 10.8. The minimum atomic E-state index is -4.15. The molecule has 6 rings (SSSR count). The summed E-state index contributed by atoms with van der Waals surface area (Å²) in [5.74, 6) is 0.114. The van der Waals surface area contributed by atoms with Crippen molar-refractivity contribution in [3.8, 4) is 0 Å². The molecule has 2 atom stereocenters. The Morgan fingerprint density at radius 1 is 1.00 bits per heavy atom. The molecule has 5 fully saturated rings. The first-order chi connectivity index (χ1) is 15.5. The molecule has 5 aliphatic rings. The quantitative estimate of drug-likeness (QED) is 0.538. The minimum absolute atomic E-state index is 0.00744. The number of hydrogen-bond acceptors (Lipinski definition) is 4. The predicted octanol–water partition coefficient (Wildman–Crippen LogP) is 3.53. The molecule has 4 N–H and O–H groups in total. The molecule has 5 aliphatic carbocycles. The number of primary amides is 1. The fourth-order valence-corrected chi connectivity index (χ4v) is 10.0. The molecule has 0 radical (unpaired) electrons. The number of amides is 2. The first-order valence-electron chi connectivity index (χ1n) is 11.6. The van der Waals surface area contributed by atoms with Crippen molar-refractivity contribution < 1.29 is 18.0 Å². The Morgan fingerprint density at radius 2 is 1.58 bits per heavy atom. The summed E-state index contributed by atoms with van der Waals surface area (Å²) in [6, 6.07) is 4.49. The largest absolute Gasteiger partial charge is 0.369 e. The molecule has 0 spiro atoms.